The van der Waals surface area contributed by atoms with Crippen LogP contribution in [-0.4, -0.2) is 24.6 Å². The Balaban J connectivity index is 2.03. The van der Waals surface area contributed by atoms with Gasteiger partial charge in [-0.2, -0.15) is 4.98 Å². The lowest BCUT2D eigenvalue weighted by molar-refractivity contribution is -0.116. The minimum Gasteiger partial charge on any atom is -0.324 e. The quantitative estimate of drug-likeness (QED) is 0.658. The normalized spacial score (nSPS) is 11.2. The summed E-state index contributed by atoms with van der Waals surface area (Å²) in [7, 11) is 2.88. The molecular weight excluding hydrogens is 382 g/mol. The van der Waals surface area contributed by atoms with E-state index in [4.69, 9.17) is 11.6 Å². The molecule has 9 heteroatoms. The van der Waals surface area contributed by atoms with E-state index in [1.165, 1.54) is 23.2 Å². The van der Waals surface area contributed by atoms with Crippen molar-refractivity contribution in [2.24, 2.45) is 14.1 Å². The SMILES string of the molecule is CCc1cccc(CC)c1NC(=O)Cn1c(Cl)nc2c1c(=O)n(C)c(=O)n2C. The van der Waals surface area contributed by atoms with Gasteiger partial charge in [0.25, 0.3) is 5.56 Å². The second kappa shape index (κ2) is 7.63. The van der Waals surface area contributed by atoms with Gasteiger partial charge in [0.15, 0.2) is 11.2 Å². The van der Waals surface area contributed by atoms with Gasteiger partial charge in [0.05, 0.1) is 0 Å². The van der Waals surface area contributed by atoms with Crippen LogP contribution in [0.1, 0.15) is 25.0 Å². The molecule has 0 aliphatic rings. The molecule has 0 radical (unpaired) electrons. The van der Waals surface area contributed by atoms with Crippen LogP contribution in [0.2, 0.25) is 5.28 Å². The highest BCUT2D eigenvalue weighted by atomic mass is 35.5. The van der Waals surface area contributed by atoms with E-state index >= 15 is 0 Å². The first kappa shape index (κ1) is 19.9. The summed E-state index contributed by atoms with van der Waals surface area (Å²) in [6.07, 6.45) is 1.56. The minimum absolute atomic E-state index is 0.0251. The topological polar surface area (TPSA) is 90.9 Å². The number of halogens is 1. The highest BCUT2D eigenvalue weighted by molar-refractivity contribution is 6.29. The third kappa shape index (κ3) is 3.24. The number of amides is 1. The molecule has 1 amide bonds. The molecule has 0 bridgehead atoms. The van der Waals surface area contributed by atoms with Crippen molar-refractivity contribution in [3.05, 3.63) is 55.4 Å². The lowest BCUT2D eigenvalue weighted by Gasteiger charge is -2.15. The Labute approximate surface area is 166 Å². The molecule has 2 heterocycles. The van der Waals surface area contributed by atoms with Crippen molar-refractivity contribution in [1.29, 1.82) is 0 Å². The summed E-state index contributed by atoms with van der Waals surface area (Å²) in [5.74, 6) is -0.326. The fourth-order valence-corrected chi connectivity index (χ4v) is 3.51. The molecule has 0 unspecified atom stereocenters. The van der Waals surface area contributed by atoms with Crippen LogP contribution in [0.4, 0.5) is 5.69 Å². The van der Waals surface area contributed by atoms with Gasteiger partial charge in [0.1, 0.15) is 6.54 Å². The highest BCUT2D eigenvalue weighted by Gasteiger charge is 2.20. The number of nitrogens with one attached hydrogen (secondary N) is 1. The van der Waals surface area contributed by atoms with Gasteiger partial charge in [0.2, 0.25) is 11.2 Å². The largest absolute Gasteiger partial charge is 0.332 e. The van der Waals surface area contributed by atoms with Crippen LogP contribution in [-0.2, 0) is 38.3 Å². The van der Waals surface area contributed by atoms with Crippen molar-refractivity contribution >= 4 is 34.4 Å². The molecule has 0 atom stereocenters. The Morgan fingerprint density at radius 1 is 1.11 bits per heavy atom. The number of aryl methyl sites for hydroxylation is 3. The molecule has 0 fully saturated rings. The maximum Gasteiger partial charge on any atom is 0.332 e. The number of anilines is 1. The number of para-hydroxylation sites is 1. The van der Waals surface area contributed by atoms with E-state index in [9.17, 15) is 14.4 Å². The predicted octanol–water partition coefficient (Wildman–Crippen LogP) is 1.85. The van der Waals surface area contributed by atoms with Crippen LogP contribution in [0.15, 0.2) is 27.8 Å². The van der Waals surface area contributed by atoms with Crippen LogP contribution in [0.25, 0.3) is 11.2 Å². The van der Waals surface area contributed by atoms with Crippen molar-refractivity contribution < 1.29 is 4.79 Å². The summed E-state index contributed by atoms with van der Waals surface area (Å²) in [6, 6.07) is 5.91. The monoisotopic (exact) mass is 403 g/mol. The van der Waals surface area contributed by atoms with Crippen LogP contribution in [0, 0.1) is 0 Å². The average molecular weight is 404 g/mol. The molecule has 0 aliphatic heterocycles. The second-order valence-corrected chi connectivity index (χ2v) is 6.89. The molecule has 0 saturated carbocycles. The predicted molar refractivity (Wildman–Crippen MR) is 109 cm³/mol. The van der Waals surface area contributed by atoms with Gasteiger partial charge in [-0.3, -0.25) is 23.3 Å². The first-order valence-electron chi connectivity index (χ1n) is 9.02. The number of carbonyl (C=O) groups is 1. The third-order valence-corrected chi connectivity index (χ3v) is 5.15. The van der Waals surface area contributed by atoms with E-state index in [1.54, 1.807) is 0 Å². The zero-order valence-electron chi connectivity index (χ0n) is 16.2. The Morgan fingerprint density at radius 3 is 2.29 bits per heavy atom. The summed E-state index contributed by atoms with van der Waals surface area (Å²) >= 11 is 6.19. The summed E-state index contributed by atoms with van der Waals surface area (Å²) in [4.78, 5) is 41.5. The van der Waals surface area contributed by atoms with E-state index in [0.717, 1.165) is 34.2 Å². The zero-order chi connectivity index (χ0) is 20.6. The molecular formula is C19H22ClN5O3. The van der Waals surface area contributed by atoms with E-state index in [1.807, 2.05) is 32.0 Å². The molecule has 2 aromatic heterocycles. The Kier molecular flexibility index (Phi) is 5.42. The number of hydrogen-bond acceptors (Lipinski definition) is 4. The van der Waals surface area contributed by atoms with Gasteiger partial charge < -0.3 is 5.32 Å². The van der Waals surface area contributed by atoms with Gasteiger partial charge in [-0.1, -0.05) is 32.0 Å². The number of carbonyl (C=O) groups excluding carboxylic acids is 1. The van der Waals surface area contributed by atoms with Crippen LogP contribution >= 0.6 is 11.6 Å². The number of fused-ring (bicyclic) bond motifs is 1. The van der Waals surface area contributed by atoms with Crippen LogP contribution in [0.5, 0.6) is 0 Å². The van der Waals surface area contributed by atoms with Crippen molar-refractivity contribution in [3.63, 3.8) is 0 Å². The minimum atomic E-state index is -0.548. The van der Waals surface area contributed by atoms with E-state index in [2.05, 4.69) is 10.3 Å². The molecule has 1 N–H and O–H groups in total. The van der Waals surface area contributed by atoms with E-state index < -0.39 is 11.2 Å². The summed E-state index contributed by atoms with van der Waals surface area (Å²) in [5, 5.41) is 2.92. The standard InChI is InChI=1S/C19H22ClN5O3/c1-5-11-8-7-9-12(6-2)14(11)21-13(26)10-25-15-16(22-18(25)20)23(3)19(28)24(4)17(15)27/h7-9H,5-6,10H2,1-4H3,(H,21,26). The molecule has 3 aromatic rings. The van der Waals surface area contributed by atoms with Gasteiger partial charge in [0, 0.05) is 19.8 Å². The fraction of sp³-hybridized carbons (Fsp3) is 0.368. The highest BCUT2D eigenvalue weighted by Crippen LogP contribution is 2.23. The van der Waals surface area contributed by atoms with Crippen molar-refractivity contribution in [2.45, 2.75) is 33.2 Å². The van der Waals surface area contributed by atoms with Gasteiger partial charge >= 0.3 is 5.69 Å². The first-order valence-corrected chi connectivity index (χ1v) is 9.40. The van der Waals surface area contributed by atoms with Gasteiger partial charge in [-0.25, -0.2) is 4.79 Å². The van der Waals surface area contributed by atoms with E-state index in [0.29, 0.717) is 0 Å². The van der Waals surface area contributed by atoms with E-state index in [-0.39, 0.29) is 28.9 Å². The number of nitrogens with zero attached hydrogens (tertiary/aromatic N) is 4. The molecule has 148 valence electrons. The lowest BCUT2D eigenvalue weighted by atomic mass is 10.0. The van der Waals surface area contributed by atoms with Crippen LogP contribution < -0.4 is 16.6 Å². The Morgan fingerprint density at radius 2 is 1.71 bits per heavy atom. The summed E-state index contributed by atoms with van der Waals surface area (Å²) in [5.41, 5.74) is 2.07. The number of hydrogen-bond donors (Lipinski definition) is 1. The summed E-state index contributed by atoms with van der Waals surface area (Å²) < 4.78 is 3.53. The van der Waals surface area contributed by atoms with Crippen molar-refractivity contribution in [2.75, 3.05) is 5.32 Å². The maximum absolute atomic E-state index is 12.8. The smallest absolute Gasteiger partial charge is 0.324 e. The third-order valence-electron chi connectivity index (χ3n) is 4.87. The molecule has 8 nitrogen and oxygen atoms in total. The maximum atomic E-state index is 12.8. The number of aromatic nitrogens is 4. The molecule has 0 aliphatic carbocycles. The first-order chi connectivity index (χ1) is 13.3. The Bertz CT molecular complexity index is 1170. The molecule has 28 heavy (non-hydrogen) atoms. The van der Waals surface area contributed by atoms with Gasteiger partial charge in [-0.05, 0) is 35.6 Å². The Hall–Kier alpha value is -2.87. The molecule has 0 saturated heterocycles. The second-order valence-electron chi connectivity index (χ2n) is 6.55. The van der Waals surface area contributed by atoms with Crippen molar-refractivity contribution in [1.82, 2.24) is 18.7 Å². The van der Waals surface area contributed by atoms with Crippen LogP contribution in [0.3, 0.4) is 0 Å². The summed E-state index contributed by atoms with van der Waals surface area (Å²) in [6.45, 7) is 3.85. The zero-order valence-corrected chi connectivity index (χ0v) is 17.0. The molecule has 0 spiro atoms. The van der Waals surface area contributed by atoms with Crippen molar-refractivity contribution in [3.8, 4) is 0 Å². The number of benzene rings is 1. The molecule has 3 rings (SSSR count). The number of rotatable bonds is 5. The molecule has 1 aromatic carbocycles. The lowest BCUT2D eigenvalue weighted by Crippen LogP contribution is -2.37. The average Bonchev–Trinajstić information content (AvgIpc) is 3.01. The fourth-order valence-electron chi connectivity index (χ4n) is 3.29. The van der Waals surface area contributed by atoms with Gasteiger partial charge in [-0.15, -0.1) is 0 Å². The number of imidazole rings is 1.